The van der Waals surface area contributed by atoms with Crippen LogP contribution in [-0.2, 0) is 50.0 Å². The van der Waals surface area contributed by atoms with Crippen molar-refractivity contribution in [3.05, 3.63) is 35.1 Å². The van der Waals surface area contributed by atoms with Crippen LogP contribution in [0.2, 0.25) is 0 Å². The number of methoxy groups -OCH3 is 1. The van der Waals surface area contributed by atoms with Crippen molar-refractivity contribution in [1.82, 2.24) is 4.90 Å². The first-order chi connectivity index (χ1) is 20.6. The summed E-state index contributed by atoms with van der Waals surface area (Å²) in [6.07, 6.45) is -8.77. The third kappa shape index (κ3) is 5.04. The van der Waals surface area contributed by atoms with Gasteiger partial charge < -0.3 is 38.8 Å². The van der Waals surface area contributed by atoms with Gasteiger partial charge in [0.05, 0.1) is 37.4 Å². The molecule has 2 aliphatic heterocycles. The van der Waals surface area contributed by atoms with Crippen molar-refractivity contribution < 1.29 is 71.0 Å². The Morgan fingerprint density at radius 3 is 2.52 bits per heavy atom. The lowest BCUT2D eigenvalue weighted by Crippen LogP contribution is -2.74. The molecule has 1 saturated heterocycles. The quantitative estimate of drug-likeness (QED) is 0.228. The molecule has 5 atom stereocenters. The van der Waals surface area contributed by atoms with Gasteiger partial charge in [0.15, 0.2) is 17.6 Å². The summed E-state index contributed by atoms with van der Waals surface area (Å²) in [4.78, 5) is 61.1. The molecule has 2 bridgehead atoms. The zero-order chi connectivity index (χ0) is 32.2. The minimum atomic E-state index is -5.55. The van der Waals surface area contributed by atoms with E-state index in [-0.39, 0.29) is 18.2 Å². The first kappa shape index (κ1) is 31.3. The lowest BCUT2D eigenvalue weighted by molar-refractivity contribution is -0.206. The molecular formula is C28H28F3NO12. The van der Waals surface area contributed by atoms with Gasteiger partial charge in [0.1, 0.15) is 5.76 Å². The fourth-order valence-corrected chi connectivity index (χ4v) is 6.74. The van der Waals surface area contributed by atoms with Crippen molar-refractivity contribution in [3.63, 3.8) is 0 Å². The van der Waals surface area contributed by atoms with Crippen LogP contribution in [0.25, 0.3) is 0 Å². The lowest BCUT2D eigenvalue weighted by Gasteiger charge is -2.61. The number of likely N-dealkylation sites (tertiary alicyclic amines) is 1. The number of carbonyl (C=O) groups excluding carboxylic acids is 4. The lowest BCUT2D eigenvalue weighted by atomic mass is 9.50. The summed E-state index contributed by atoms with van der Waals surface area (Å²) >= 11 is 0. The number of carboxylic acids is 1. The second-order valence-electron chi connectivity index (χ2n) is 11.0. The molecule has 2 heterocycles. The van der Waals surface area contributed by atoms with E-state index in [4.69, 9.17) is 19.3 Å². The minimum Gasteiger partial charge on any atom is -0.493 e. The summed E-state index contributed by atoms with van der Waals surface area (Å²) < 4.78 is 62.9. The molecule has 16 heteroatoms. The number of carbonyl (C=O) groups is 5. The third-order valence-corrected chi connectivity index (χ3v) is 8.64. The number of benzene rings is 1. The van der Waals surface area contributed by atoms with E-state index in [1.54, 1.807) is 12.1 Å². The Kier molecular flexibility index (Phi) is 7.86. The normalized spacial score (nSPS) is 27.2. The fourth-order valence-electron chi connectivity index (χ4n) is 6.74. The fraction of sp³-hybridized carbons (Fsp3) is 0.536. The molecule has 13 nitrogen and oxygen atoms in total. The average Bonchev–Trinajstić information content (AvgIpc) is 3.30. The van der Waals surface area contributed by atoms with E-state index >= 15 is 0 Å². The molecule has 44 heavy (non-hydrogen) atoms. The van der Waals surface area contributed by atoms with Gasteiger partial charge in [0, 0.05) is 18.0 Å². The number of hydrogen-bond acceptors (Lipinski definition) is 12. The van der Waals surface area contributed by atoms with Crippen molar-refractivity contribution in [1.29, 1.82) is 0 Å². The number of aliphatic carboxylic acids is 1. The highest BCUT2D eigenvalue weighted by molar-refractivity contribution is 5.93. The number of nitrogens with zero attached hydrogens (tertiary/aromatic N) is 1. The van der Waals surface area contributed by atoms with E-state index in [0.29, 0.717) is 30.9 Å². The van der Waals surface area contributed by atoms with Crippen molar-refractivity contribution in [2.75, 3.05) is 20.7 Å². The number of ether oxygens (including phenoxy) is 5. The number of piperidine rings is 1. The largest absolute Gasteiger partial charge is 0.493 e. The van der Waals surface area contributed by atoms with Crippen LogP contribution in [0, 0.1) is 0 Å². The molecule has 0 aromatic heterocycles. The zero-order valence-electron chi connectivity index (χ0n) is 23.5. The number of alkyl halides is 3. The Morgan fingerprint density at radius 2 is 1.86 bits per heavy atom. The highest BCUT2D eigenvalue weighted by Crippen LogP contribution is 2.65. The van der Waals surface area contributed by atoms with Crippen LogP contribution in [0.4, 0.5) is 13.2 Å². The topological polar surface area (TPSA) is 175 Å². The van der Waals surface area contributed by atoms with E-state index in [0.717, 1.165) is 11.1 Å². The predicted octanol–water partition coefficient (Wildman–Crippen LogP) is 1.31. The smallest absolute Gasteiger partial charge is 0.491 e. The van der Waals surface area contributed by atoms with Crippen LogP contribution < -0.4 is 9.47 Å². The van der Waals surface area contributed by atoms with Gasteiger partial charge >= 0.3 is 36.0 Å². The SMILES string of the molecule is COc1ccc2c3c1O[C@H]1C(OC(=O)CCC(=O)O[C@@H](CC(=O)O)C(=O)OC(=O)C(F)(F)F)=CC[C@@]4(O)[C@@H](C2)N(C)CC[C@]314. The molecule has 1 aromatic carbocycles. The molecule has 1 spiro atoms. The number of halogens is 3. The Balaban J connectivity index is 1.28. The van der Waals surface area contributed by atoms with Crippen LogP contribution in [0.1, 0.15) is 43.2 Å². The van der Waals surface area contributed by atoms with Crippen molar-refractivity contribution in [2.24, 2.45) is 0 Å². The molecular weight excluding hydrogens is 599 g/mol. The molecule has 238 valence electrons. The number of rotatable bonds is 9. The summed E-state index contributed by atoms with van der Waals surface area (Å²) in [5.41, 5.74) is -0.426. The Bertz CT molecular complexity index is 1460. The Hall–Kier alpha value is -4.18. The monoisotopic (exact) mass is 627 g/mol. The third-order valence-electron chi connectivity index (χ3n) is 8.64. The molecule has 0 amide bonds. The standard InChI is InChI=1S/C28H28F3NO12/c1-32-10-9-26-21-13-3-4-14(40-2)22(21)43-23(26)15(7-8-27(26,39)17(32)11-13)41-19(35)5-6-20(36)42-16(12-18(33)34)24(37)44-25(38)28(29,30)31/h3-4,7,16-17,23,39H,5-6,8-12H2,1-2H3,(H,33,34)/t16-,17+,23-,26-,27+/m0/s1. The summed E-state index contributed by atoms with van der Waals surface area (Å²) in [5, 5.41) is 21.1. The van der Waals surface area contributed by atoms with Crippen molar-refractivity contribution in [2.45, 2.75) is 74.0 Å². The molecule has 1 aromatic rings. The first-order valence-corrected chi connectivity index (χ1v) is 13.6. The van der Waals surface area contributed by atoms with E-state index in [1.165, 1.54) is 7.11 Å². The van der Waals surface area contributed by atoms with Crippen LogP contribution in [-0.4, -0.2) is 95.7 Å². The van der Waals surface area contributed by atoms with Gasteiger partial charge in [-0.15, -0.1) is 0 Å². The van der Waals surface area contributed by atoms with Gasteiger partial charge in [-0.25, -0.2) is 9.59 Å². The van der Waals surface area contributed by atoms with Gasteiger partial charge in [-0.1, -0.05) is 6.07 Å². The van der Waals surface area contributed by atoms with Crippen LogP contribution >= 0.6 is 0 Å². The molecule has 2 aliphatic carbocycles. The molecule has 0 saturated carbocycles. The number of aliphatic hydroxyl groups is 1. The summed E-state index contributed by atoms with van der Waals surface area (Å²) in [6, 6.07) is 3.46. The summed E-state index contributed by atoms with van der Waals surface area (Å²) in [6.45, 7) is 0.629. The average molecular weight is 628 g/mol. The van der Waals surface area contributed by atoms with Crippen molar-refractivity contribution >= 4 is 29.8 Å². The van der Waals surface area contributed by atoms with E-state index in [9.17, 15) is 42.3 Å². The molecule has 0 unspecified atom stereocenters. The second-order valence-corrected chi connectivity index (χ2v) is 11.0. The Morgan fingerprint density at radius 1 is 1.16 bits per heavy atom. The van der Waals surface area contributed by atoms with E-state index < -0.39 is 78.5 Å². The van der Waals surface area contributed by atoms with E-state index in [2.05, 4.69) is 14.4 Å². The zero-order valence-corrected chi connectivity index (χ0v) is 23.5. The highest BCUT2D eigenvalue weighted by atomic mass is 19.4. The molecule has 0 radical (unpaired) electrons. The van der Waals surface area contributed by atoms with E-state index in [1.807, 2.05) is 13.1 Å². The minimum absolute atomic E-state index is 0.112. The maximum absolute atomic E-state index is 12.8. The summed E-state index contributed by atoms with van der Waals surface area (Å²) in [5.74, 6) is -7.96. The molecule has 1 fully saturated rings. The predicted molar refractivity (Wildman–Crippen MR) is 136 cm³/mol. The molecule has 2 N–H and O–H groups in total. The number of likely N-dealkylation sites (N-methyl/N-ethyl adjacent to an activating group) is 1. The van der Waals surface area contributed by atoms with Gasteiger partial charge in [0.25, 0.3) is 0 Å². The first-order valence-electron chi connectivity index (χ1n) is 13.6. The van der Waals surface area contributed by atoms with Gasteiger partial charge in [-0.2, -0.15) is 13.2 Å². The van der Waals surface area contributed by atoms with Gasteiger partial charge in [0.2, 0.25) is 6.10 Å². The van der Waals surface area contributed by atoms with Crippen LogP contribution in [0.5, 0.6) is 11.5 Å². The number of hydrogen-bond donors (Lipinski definition) is 2. The number of carboxylic acid groups (broad SMARTS) is 1. The maximum Gasteiger partial charge on any atom is 0.491 e. The van der Waals surface area contributed by atoms with Crippen LogP contribution in [0.15, 0.2) is 24.0 Å². The van der Waals surface area contributed by atoms with Crippen molar-refractivity contribution in [3.8, 4) is 11.5 Å². The second kappa shape index (κ2) is 11.1. The molecule has 4 aliphatic rings. The Labute approximate surface area is 247 Å². The van der Waals surface area contributed by atoms with Gasteiger partial charge in [-0.3, -0.25) is 14.4 Å². The van der Waals surface area contributed by atoms with Crippen LogP contribution in [0.3, 0.4) is 0 Å². The summed E-state index contributed by atoms with van der Waals surface area (Å²) in [7, 11) is 3.42. The molecule has 5 rings (SSSR count). The van der Waals surface area contributed by atoms with Gasteiger partial charge in [-0.05, 0) is 44.1 Å². The number of esters is 4. The maximum atomic E-state index is 12.8. The highest BCUT2D eigenvalue weighted by Gasteiger charge is 2.72.